The largest absolute Gasteiger partial charge is 0.469 e. The Morgan fingerprint density at radius 1 is 1.17 bits per heavy atom. The number of nitrogens with zero attached hydrogens (tertiary/aromatic N) is 2. The normalized spacial score (nSPS) is 13.2. The van der Waals surface area contributed by atoms with Gasteiger partial charge in [0.25, 0.3) is 0 Å². The van der Waals surface area contributed by atoms with Gasteiger partial charge in [-0.25, -0.2) is 4.79 Å². The number of hydrogen-bond acceptors (Lipinski definition) is 5. The Morgan fingerprint density at radius 3 is 2.43 bits per heavy atom. The maximum absolute atomic E-state index is 13.0. The number of amides is 2. The SMILES string of the molecule is COC(=O)CCc1ccc(N2CCN(c3ccc(C(=N)N)cc3SC)C2=O)cc1.Cl. The number of urea groups is 1. The van der Waals surface area contributed by atoms with Gasteiger partial charge in [0.1, 0.15) is 5.84 Å². The molecule has 3 rings (SSSR count). The topological polar surface area (TPSA) is 99.7 Å². The number of rotatable bonds is 7. The Labute approximate surface area is 186 Å². The first-order valence-electron chi connectivity index (χ1n) is 9.22. The lowest BCUT2D eigenvalue weighted by Gasteiger charge is -2.21. The van der Waals surface area contributed by atoms with Gasteiger partial charge in [-0.05, 0) is 48.6 Å². The van der Waals surface area contributed by atoms with Crippen molar-refractivity contribution in [2.24, 2.45) is 5.73 Å². The van der Waals surface area contributed by atoms with Crippen molar-refractivity contribution in [1.82, 2.24) is 0 Å². The fourth-order valence-electron chi connectivity index (χ4n) is 3.26. The fraction of sp³-hybridized carbons (Fsp3) is 0.286. The number of benzene rings is 2. The number of nitrogen functional groups attached to an aromatic ring is 1. The predicted octanol–water partition coefficient (Wildman–Crippen LogP) is 3.67. The van der Waals surface area contributed by atoms with Crippen LogP contribution in [0.15, 0.2) is 47.4 Å². The van der Waals surface area contributed by atoms with E-state index in [1.54, 1.807) is 15.9 Å². The first-order chi connectivity index (χ1) is 13.9. The summed E-state index contributed by atoms with van der Waals surface area (Å²) in [5, 5.41) is 7.61. The smallest absolute Gasteiger partial charge is 0.329 e. The van der Waals surface area contributed by atoms with Gasteiger partial charge in [-0.1, -0.05) is 12.1 Å². The molecule has 1 fully saturated rings. The van der Waals surface area contributed by atoms with Crippen LogP contribution in [0.3, 0.4) is 0 Å². The van der Waals surface area contributed by atoms with E-state index in [0.717, 1.165) is 21.8 Å². The summed E-state index contributed by atoms with van der Waals surface area (Å²) in [7, 11) is 1.38. The third kappa shape index (κ3) is 5.06. The zero-order valence-corrected chi connectivity index (χ0v) is 18.5. The third-order valence-electron chi connectivity index (χ3n) is 4.88. The average Bonchev–Trinajstić information content (AvgIpc) is 3.12. The van der Waals surface area contributed by atoms with Gasteiger partial charge in [0.05, 0.1) is 12.8 Å². The van der Waals surface area contributed by atoms with Crippen LogP contribution in [0, 0.1) is 5.41 Å². The number of carbonyl (C=O) groups excluding carboxylic acids is 2. The Hall–Kier alpha value is -2.71. The van der Waals surface area contributed by atoms with E-state index in [2.05, 4.69) is 4.74 Å². The van der Waals surface area contributed by atoms with Gasteiger partial charge in [-0.2, -0.15) is 0 Å². The zero-order valence-electron chi connectivity index (χ0n) is 16.9. The number of nitrogens with one attached hydrogen (secondary N) is 1. The van der Waals surface area contributed by atoms with Gasteiger partial charge < -0.3 is 10.5 Å². The second kappa shape index (κ2) is 10.4. The molecule has 30 heavy (non-hydrogen) atoms. The first-order valence-corrected chi connectivity index (χ1v) is 10.4. The van der Waals surface area contributed by atoms with Crippen molar-refractivity contribution >= 4 is 53.4 Å². The lowest BCUT2D eigenvalue weighted by Crippen LogP contribution is -2.32. The first kappa shape index (κ1) is 23.6. The van der Waals surface area contributed by atoms with Crippen LogP contribution >= 0.6 is 24.2 Å². The van der Waals surface area contributed by atoms with Crippen LogP contribution in [0.2, 0.25) is 0 Å². The van der Waals surface area contributed by atoms with E-state index in [1.807, 2.05) is 42.7 Å². The Kier molecular flexibility index (Phi) is 8.14. The van der Waals surface area contributed by atoms with E-state index >= 15 is 0 Å². The molecule has 1 aliphatic rings. The van der Waals surface area contributed by atoms with Crippen molar-refractivity contribution in [2.45, 2.75) is 17.7 Å². The summed E-state index contributed by atoms with van der Waals surface area (Å²) in [6, 6.07) is 13.0. The minimum Gasteiger partial charge on any atom is -0.469 e. The lowest BCUT2D eigenvalue weighted by atomic mass is 10.1. The molecule has 1 heterocycles. The number of ether oxygens (including phenoxy) is 1. The summed E-state index contributed by atoms with van der Waals surface area (Å²) >= 11 is 1.52. The van der Waals surface area contributed by atoms with E-state index in [1.165, 1.54) is 18.9 Å². The summed E-state index contributed by atoms with van der Waals surface area (Å²) in [6.07, 6.45) is 2.88. The highest BCUT2D eigenvalue weighted by molar-refractivity contribution is 7.98. The molecule has 0 radical (unpaired) electrons. The maximum atomic E-state index is 13.0. The van der Waals surface area contributed by atoms with Crippen molar-refractivity contribution in [2.75, 3.05) is 36.3 Å². The molecule has 0 saturated carbocycles. The van der Waals surface area contributed by atoms with Gasteiger partial charge in [0.2, 0.25) is 0 Å². The molecule has 2 amide bonds. The standard InChI is InChI=1S/C21H24N4O3S.ClH/c1-28-19(26)10-5-14-3-7-16(8-4-14)24-11-12-25(21(24)27)17-9-6-15(20(22)23)13-18(17)29-2;/h3-4,6-9,13H,5,10-12H2,1-2H3,(H3,22,23);1H. The zero-order chi connectivity index (χ0) is 21.0. The number of methoxy groups -OCH3 is 1. The van der Waals surface area contributed by atoms with Crippen LogP contribution in [-0.2, 0) is 16.0 Å². The summed E-state index contributed by atoms with van der Waals surface area (Å²) in [5.41, 5.74) is 8.90. The molecule has 2 aromatic carbocycles. The number of anilines is 2. The number of thioether (sulfide) groups is 1. The second-order valence-corrected chi connectivity index (χ2v) is 7.48. The highest BCUT2D eigenvalue weighted by Crippen LogP contribution is 2.33. The fourth-order valence-corrected chi connectivity index (χ4v) is 3.89. The van der Waals surface area contributed by atoms with Crippen LogP contribution in [0.4, 0.5) is 16.2 Å². The van der Waals surface area contributed by atoms with Gasteiger partial charge in [0.15, 0.2) is 0 Å². The molecule has 3 N–H and O–H groups in total. The molecular formula is C21H25ClN4O3S. The molecule has 9 heteroatoms. The van der Waals surface area contributed by atoms with Gasteiger partial charge in [0, 0.05) is 35.7 Å². The van der Waals surface area contributed by atoms with E-state index in [0.29, 0.717) is 31.5 Å². The third-order valence-corrected chi connectivity index (χ3v) is 5.65. The van der Waals surface area contributed by atoms with Crippen LogP contribution in [0.25, 0.3) is 0 Å². The number of carbonyl (C=O) groups is 2. The van der Waals surface area contributed by atoms with Crippen molar-refractivity contribution in [3.8, 4) is 0 Å². The Morgan fingerprint density at radius 2 is 1.83 bits per heavy atom. The molecule has 7 nitrogen and oxygen atoms in total. The summed E-state index contributed by atoms with van der Waals surface area (Å²) in [4.78, 5) is 28.7. The minimum absolute atomic E-state index is 0. The van der Waals surface area contributed by atoms with E-state index in [9.17, 15) is 9.59 Å². The van der Waals surface area contributed by atoms with Crippen molar-refractivity contribution in [3.63, 3.8) is 0 Å². The van der Waals surface area contributed by atoms with Gasteiger partial charge >= 0.3 is 12.0 Å². The molecular weight excluding hydrogens is 424 g/mol. The van der Waals surface area contributed by atoms with Crippen molar-refractivity contribution in [1.29, 1.82) is 5.41 Å². The number of esters is 1. The van der Waals surface area contributed by atoms with Crippen LogP contribution < -0.4 is 15.5 Å². The molecule has 0 aliphatic carbocycles. The maximum Gasteiger partial charge on any atom is 0.329 e. The van der Waals surface area contributed by atoms with Crippen LogP contribution in [-0.4, -0.2) is 44.3 Å². The summed E-state index contributed by atoms with van der Waals surface area (Å²) in [5.74, 6) is -0.228. The number of aryl methyl sites for hydroxylation is 1. The molecule has 160 valence electrons. The van der Waals surface area contributed by atoms with Crippen molar-refractivity contribution < 1.29 is 14.3 Å². The second-order valence-electron chi connectivity index (χ2n) is 6.63. The highest BCUT2D eigenvalue weighted by Gasteiger charge is 2.32. The Bertz CT molecular complexity index is 936. The molecule has 1 saturated heterocycles. The number of amidine groups is 1. The molecule has 0 spiro atoms. The molecule has 0 aromatic heterocycles. The van der Waals surface area contributed by atoms with E-state index in [-0.39, 0.29) is 30.2 Å². The number of nitrogens with two attached hydrogens (primary N) is 1. The van der Waals surface area contributed by atoms with Crippen molar-refractivity contribution in [3.05, 3.63) is 53.6 Å². The summed E-state index contributed by atoms with van der Waals surface area (Å²) < 4.78 is 4.67. The van der Waals surface area contributed by atoms with Crippen LogP contribution in [0.5, 0.6) is 0 Å². The average molecular weight is 449 g/mol. The highest BCUT2D eigenvalue weighted by atomic mass is 35.5. The Balaban J connectivity index is 0.00000320. The van der Waals surface area contributed by atoms with E-state index in [4.69, 9.17) is 11.1 Å². The molecule has 0 unspecified atom stereocenters. The van der Waals surface area contributed by atoms with E-state index < -0.39 is 0 Å². The summed E-state index contributed by atoms with van der Waals surface area (Å²) in [6.45, 7) is 1.17. The van der Waals surface area contributed by atoms with Gasteiger partial charge in [-0.3, -0.25) is 20.0 Å². The molecule has 0 bridgehead atoms. The quantitative estimate of drug-likeness (QED) is 0.291. The van der Waals surface area contributed by atoms with Crippen LogP contribution in [0.1, 0.15) is 17.5 Å². The monoisotopic (exact) mass is 448 g/mol. The molecule has 0 atom stereocenters. The molecule has 2 aromatic rings. The van der Waals surface area contributed by atoms with Gasteiger partial charge in [-0.15, -0.1) is 24.2 Å². The number of hydrogen-bond donors (Lipinski definition) is 2. The molecule has 1 aliphatic heterocycles. The predicted molar refractivity (Wildman–Crippen MR) is 123 cm³/mol. The minimum atomic E-state index is -0.236. The lowest BCUT2D eigenvalue weighted by molar-refractivity contribution is -0.140. The number of halogens is 1.